The molecule has 0 unspecified atom stereocenters. The highest BCUT2D eigenvalue weighted by molar-refractivity contribution is 6.12. The standard InChI is InChI=1S/C77H105N17O27/c1-5-6-7-8-9-10-15-40-21-23-41(24-22-40)68(111)89-49(27-42-33-82-47-19-12-11-16-43(42)47)72(115)90-50(29-56(80)98)73(116)92-53(32-62(107)108)74(117)94-65(39(4)96)76(119)84-35-57(99)86-48(20-14-25-78)70(113)91-52(31-61(105)106)71(114)85-38(3)67(110)88-51(30-60(103)104)69(112)83-34-58(100)87-54(36-95)75(118)93-64(37(2)26-59(101)102)66(109)45-18-13-17-44(63(45)81)55(97)28-46(79)77(120)121/h11-13,16-19,21-24,33,37-39,46,48-54,64-65,82,95-96H,5-10,14-15,20,25-32,34-36,78-79,81H2,1-4H3,(H2,80,98)(H,83,112)(H,84,119)(H,85,114)(H,86,99)(H,87,100)(H,88,110)(H,89,111)(H,90,115)(H,91,113)(H,92,116)(H,93,118)(H,94,117)(H,101,102)(H,103,104)(H,105,106)(H,107,108)(H,120,121)/t37-,38+,39-,46+,48+,49+,50+,51+,52+,53+,54+,64+,65+/m1/s1/i/hD3. The molecule has 28 N–H and O–H groups in total. The van der Waals surface area contributed by atoms with E-state index in [9.17, 15) is 132 Å². The Morgan fingerprint density at radius 1 is 0.504 bits per heavy atom. The summed E-state index contributed by atoms with van der Waals surface area (Å²) < 4.78 is 26.0. The maximum Gasteiger partial charge on any atom is 0.320 e. The van der Waals surface area contributed by atoms with E-state index in [1.807, 2.05) is 26.6 Å². The third kappa shape index (κ3) is 33.5. The summed E-state index contributed by atoms with van der Waals surface area (Å²) in [5, 5.41) is 88.3. The van der Waals surface area contributed by atoms with Crippen LogP contribution in [0.15, 0.2) is 72.9 Å². The topological polar surface area (TPSA) is 747 Å². The number of benzene rings is 3. The fourth-order valence-corrected chi connectivity index (χ4v) is 12.0. The van der Waals surface area contributed by atoms with E-state index < -0.39 is 273 Å². The van der Waals surface area contributed by atoms with E-state index in [4.69, 9.17) is 27.2 Å². The van der Waals surface area contributed by atoms with Crippen molar-refractivity contribution in [1.29, 1.82) is 0 Å². The van der Waals surface area contributed by atoms with Gasteiger partial charge >= 0.3 is 29.8 Å². The second kappa shape index (κ2) is 49.8. The molecule has 1 aromatic heterocycles. The number of anilines is 1. The van der Waals surface area contributed by atoms with Crippen molar-refractivity contribution in [2.24, 2.45) is 23.1 Å². The van der Waals surface area contributed by atoms with E-state index in [1.54, 1.807) is 36.4 Å². The SMILES string of the molecule is [2H]N(CC(=O)N[C@@H](CO)C(=O)N[C@H](C(=O)c1cccc(C(=O)C[C@H](N)C(=O)O)c1N)[C@H](C)CC(=O)O)C(=O)[C@H](CC(=O)O)NC(=O)[C@H](C)NC(=O)[C@H](CC(=O)O)N([2H])C(=O)[C@H](CCCN)NC(=O)CNC(=O)[C@@H](NC(=O)[C@H](CC(=O)O)NC(=O)[C@H](CC(N)=O)NC(=O)[C@H](Cc1c[nH]c2ccccc12)N([2H])C(=O)c1ccc(CCCCCCCC)cc1)[C@@H](C)O. The number of aliphatic hydroxyl groups is 2. The highest BCUT2D eigenvalue weighted by Gasteiger charge is 2.39. The van der Waals surface area contributed by atoms with Gasteiger partial charge < -0.3 is 127 Å². The first kappa shape index (κ1) is 94.8. The van der Waals surface area contributed by atoms with Crippen LogP contribution in [0.25, 0.3) is 10.9 Å². The average molecular weight is 1700 g/mol. The van der Waals surface area contributed by atoms with Crippen LogP contribution in [0.3, 0.4) is 0 Å². The van der Waals surface area contributed by atoms with Crippen molar-refractivity contribution in [3.05, 3.63) is 101 Å². The number of H-pyrrole nitrogens is 1. The molecule has 0 saturated carbocycles. The van der Waals surface area contributed by atoms with Gasteiger partial charge in [-0.3, -0.25) is 95.9 Å². The minimum absolute atomic E-state index is 0.0188. The lowest BCUT2D eigenvalue weighted by Gasteiger charge is -2.26. The lowest BCUT2D eigenvalue weighted by Crippen LogP contribution is -2.61. The number of aryl methyl sites for hydroxylation is 1. The Kier molecular flexibility index (Phi) is 39.0. The van der Waals surface area contributed by atoms with Gasteiger partial charge in [0, 0.05) is 46.6 Å². The molecule has 0 radical (unpaired) electrons. The molecular weight excluding hydrogens is 1590 g/mol. The number of carboxylic acids is 5. The van der Waals surface area contributed by atoms with Gasteiger partial charge in [0.25, 0.3) is 5.91 Å². The number of carboxylic acid groups (broad SMARTS) is 5. The van der Waals surface area contributed by atoms with Crippen LogP contribution in [0.1, 0.15) is 160 Å². The molecule has 0 saturated heterocycles. The van der Waals surface area contributed by atoms with E-state index >= 15 is 0 Å². The maximum absolute atomic E-state index is 14.5. The summed E-state index contributed by atoms with van der Waals surface area (Å²) in [6, 6.07) is -5.68. The highest BCUT2D eigenvalue weighted by Crippen LogP contribution is 2.25. The molecular formula is C77H105N17O27. The average Bonchev–Trinajstić information content (AvgIpc) is 1.38. The molecule has 1 heterocycles. The largest absolute Gasteiger partial charge is 0.481 e. The van der Waals surface area contributed by atoms with E-state index in [2.05, 4.69) is 33.2 Å². The summed E-state index contributed by atoms with van der Waals surface area (Å²) in [4.78, 5) is 268. The summed E-state index contributed by atoms with van der Waals surface area (Å²) in [5.41, 5.74) is 23.4. The third-order valence-corrected chi connectivity index (χ3v) is 18.5. The Morgan fingerprint density at radius 3 is 1.63 bits per heavy atom. The van der Waals surface area contributed by atoms with Gasteiger partial charge in [0.2, 0.25) is 70.9 Å². The molecule has 0 spiro atoms. The second-order valence-corrected chi connectivity index (χ2v) is 28.3. The van der Waals surface area contributed by atoms with Crippen LogP contribution < -0.4 is 86.7 Å². The number of para-hydroxylation sites is 2. The molecule has 660 valence electrons. The summed E-state index contributed by atoms with van der Waals surface area (Å²) in [6.45, 7) is 1.06. The van der Waals surface area contributed by atoms with Gasteiger partial charge in [-0.2, -0.15) is 0 Å². The molecule has 44 nitrogen and oxygen atoms in total. The van der Waals surface area contributed by atoms with Crippen molar-refractivity contribution in [2.75, 3.05) is 32.0 Å². The minimum Gasteiger partial charge on any atom is -0.481 e. The maximum atomic E-state index is 14.5. The van der Waals surface area contributed by atoms with Gasteiger partial charge in [-0.1, -0.05) is 82.3 Å². The zero-order chi connectivity index (χ0) is 93.1. The van der Waals surface area contributed by atoms with Crippen molar-refractivity contribution < 1.29 is 136 Å². The lowest BCUT2D eigenvalue weighted by atomic mass is 9.88. The molecule has 0 aliphatic heterocycles. The Hall–Kier alpha value is -13.4. The number of nitrogens with one attached hydrogen (secondary N) is 13. The number of carbonyl (C=O) groups excluding carboxylic acids is 15. The number of primary amides is 1. The first-order chi connectivity index (χ1) is 58.3. The summed E-state index contributed by atoms with van der Waals surface area (Å²) in [5.74, 6) is -29.9. The molecule has 44 heteroatoms. The van der Waals surface area contributed by atoms with Crippen molar-refractivity contribution in [1.82, 2.24) is 68.8 Å². The van der Waals surface area contributed by atoms with Crippen LogP contribution in [0.5, 0.6) is 0 Å². The Bertz CT molecular complexity index is 4560. The fourth-order valence-electron chi connectivity index (χ4n) is 12.0. The number of ketones is 2. The van der Waals surface area contributed by atoms with Gasteiger partial charge in [0.1, 0.15) is 60.4 Å². The van der Waals surface area contributed by atoms with Crippen LogP contribution in [0.2, 0.25) is 4.24 Å². The molecule has 13 amide bonds. The van der Waals surface area contributed by atoms with E-state index in [1.165, 1.54) is 25.3 Å². The van der Waals surface area contributed by atoms with Gasteiger partial charge in [0.15, 0.2) is 15.8 Å². The molecule has 0 aliphatic carbocycles. The number of hydrogen-bond acceptors (Lipinski definition) is 25. The number of fused-ring (bicyclic) bond motifs is 1. The van der Waals surface area contributed by atoms with Crippen molar-refractivity contribution >= 4 is 135 Å². The number of Topliss-reactive ketones (excluding diaryl/α,β-unsaturated/α-hetero) is 2. The van der Waals surface area contributed by atoms with E-state index in [0.29, 0.717) is 21.8 Å². The number of unbranched alkanes of at least 4 members (excludes halogenated alkanes) is 5. The quantitative estimate of drug-likeness (QED) is 0.0112. The number of hydrogen-bond donors (Lipinski definition) is 24. The molecule has 0 aliphatic rings. The predicted octanol–water partition coefficient (Wildman–Crippen LogP) is -5.00. The molecule has 0 bridgehead atoms. The number of aromatic amines is 1. The number of rotatable bonds is 55. The first-order valence-electron chi connectivity index (χ1n) is 39.6. The van der Waals surface area contributed by atoms with Crippen LogP contribution >= 0.6 is 0 Å². The zero-order valence-corrected chi connectivity index (χ0v) is 66.5. The van der Waals surface area contributed by atoms with Crippen molar-refractivity contribution in [3.63, 3.8) is 0 Å². The second-order valence-electron chi connectivity index (χ2n) is 28.3. The zero-order valence-electron chi connectivity index (χ0n) is 69.5. The normalized spacial score (nSPS) is 14.6. The van der Waals surface area contributed by atoms with Crippen molar-refractivity contribution in [3.8, 4) is 0 Å². The molecule has 4 aromatic rings. The van der Waals surface area contributed by atoms with E-state index in [-0.39, 0.29) is 41.1 Å². The number of aliphatic carboxylic acids is 5. The van der Waals surface area contributed by atoms with Gasteiger partial charge in [-0.15, -0.1) is 0 Å². The molecule has 121 heavy (non-hydrogen) atoms. The summed E-state index contributed by atoms with van der Waals surface area (Å²) in [6.07, 6.45) is -0.994. The monoisotopic (exact) mass is 1700 g/mol. The third-order valence-electron chi connectivity index (χ3n) is 18.5. The number of aromatic nitrogens is 1. The molecule has 0 fully saturated rings. The Morgan fingerprint density at radius 2 is 1.03 bits per heavy atom. The minimum atomic E-state index is -2.41. The summed E-state index contributed by atoms with van der Waals surface area (Å²) >= 11 is 0. The lowest BCUT2D eigenvalue weighted by molar-refractivity contribution is -0.142. The smallest absolute Gasteiger partial charge is 0.320 e. The molecule has 4 rings (SSSR count). The van der Waals surface area contributed by atoms with Crippen LogP contribution in [0, 0.1) is 5.92 Å². The van der Waals surface area contributed by atoms with Crippen molar-refractivity contribution in [2.45, 2.75) is 203 Å². The molecule has 3 aromatic carbocycles. The van der Waals surface area contributed by atoms with Crippen LogP contribution in [-0.4, -0.2) is 258 Å². The van der Waals surface area contributed by atoms with Gasteiger partial charge in [-0.25, -0.2) is 0 Å². The predicted molar refractivity (Wildman–Crippen MR) is 425 cm³/mol. The first-order valence-corrected chi connectivity index (χ1v) is 38.2. The van der Waals surface area contributed by atoms with Crippen LogP contribution in [-0.2, 0) is 94.3 Å². The Balaban J connectivity index is 1.45. The Labute approximate surface area is 695 Å². The van der Waals surface area contributed by atoms with Crippen LogP contribution in [0.4, 0.5) is 5.69 Å². The number of amides is 13. The number of carbonyl (C=O) groups is 20. The van der Waals surface area contributed by atoms with E-state index in [0.717, 1.165) is 82.6 Å². The highest BCUT2D eigenvalue weighted by atomic mass is 16.4. The summed E-state index contributed by atoms with van der Waals surface area (Å²) in [7, 11) is 0. The van der Waals surface area contributed by atoms with Gasteiger partial charge in [0.05, 0.1) is 69.6 Å². The molecule has 13 atom stereocenters. The number of aliphatic hydroxyl groups excluding tert-OH is 2. The number of nitrogen functional groups attached to an aromatic ring is 1. The number of nitrogens with two attached hydrogens (primary N) is 4. The van der Waals surface area contributed by atoms with Gasteiger partial charge in [-0.05, 0) is 93.5 Å². The fraction of sp³-hybridized carbons (Fsp3) is 0.481.